The summed E-state index contributed by atoms with van der Waals surface area (Å²) in [5.41, 5.74) is 0.961. The van der Waals surface area contributed by atoms with Gasteiger partial charge in [-0.1, -0.05) is 48.5 Å². The molecule has 1 aromatic heterocycles. The van der Waals surface area contributed by atoms with Gasteiger partial charge in [0.15, 0.2) is 12.2 Å². The topological polar surface area (TPSA) is 89.3 Å². The molecule has 6 nitrogen and oxygen atoms in total. The molecule has 1 N–H and O–H groups in total. The highest BCUT2D eigenvalue weighted by Crippen LogP contribution is 2.23. The second-order valence-corrected chi connectivity index (χ2v) is 7.51. The first-order valence-electron chi connectivity index (χ1n) is 8.08. The van der Waals surface area contributed by atoms with Gasteiger partial charge in [0.2, 0.25) is 0 Å². The van der Waals surface area contributed by atoms with Gasteiger partial charge in [0.1, 0.15) is 0 Å². The van der Waals surface area contributed by atoms with Crippen molar-refractivity contribution in [2.45, 2.75) is 4.90 Å². The molecule has 0 unspecified atom stereocenters. The maximum Gasteiger partial charge on any atom is 0.264 e. The number of amides is 1. The quantitative estimate of drug-likeness (QED) is 0.586. The molecule has 0 aliphatic carbocycles. The van der Waals surface area contributed by atoms with Crippen LogP contribution in [0.25, 0.3) is 22.1 Å². The van der Waals surface area contributed by atoms with Gasteiger partial charge in [0.05, 0.1) is 11.1 Å². The summed E-state index contributed by atoms with van der Waals surface area (Å²) in [5.74, 6) is -0.141. The minimum absolute atomic E-state index is 0.0623. The van der Waals surface area contributed by atoms with Crippen LogP contribution in [0.1, 0.15) is 10.4 Å². The zero-order valence-corrected chi connectivity index (χ0v) is 14.8. The Bertz CT molecular complexity index is 1210. The predicted octanol–water partition coefficient (Wildman–Crippen LogP) is 3.61. The van der Waals surface area contributed by atoms with Crippen molar-refractivity contribution < 1.29 is 17.6 Å². The summed E-state index contributed by atoms with van der Waals surface area (Å²) in [5, 5.41) is 1.34. The van der Waals surface area contributed by atoms with E-state index >= 15 is 0 Å². The van der Waals surface area contributed by atoms with Crippen LogP contribution in [0, 0.1) is 0 Å². The number of hydrogen-bond donors (Lipinski definition) is 1. The molecule has 4 aromatic rings. The maximum absolute atomic E-state index is 12.7. The van der Waals surface area contributed by atoms with Crippen LogP contribution in [0.4, 0.5) is 0 Å². The van der Waals surface area contributed by atoms with Crippen LogP contribution in [-0.2, 0) is 10.0 Å². The Morgan fingerprint density at radius 3 is 2.41 bits per heavy atom. The number of oxazole rings is 1. The number of fused-ring (bicyclic) bond motifs is 1. The number of nitrogens with zero attached hydrogens (tertiary/aromatic N) is 1. The van der Waals surface area contributed by atoms with Gasteiger partial charge < -0.3 is 4.42 Å². The molecule has 0 saturated carbocycles. The summed E-state index contributed by atoms with van der Waals surface area (Å²) in [6, 6.07) is 18.5. The fourth-order valence-corrected chi connectivity index (χ4v) is 4.02. The third-order valence-electron chi connectivity index (χ3n) is 4.13. The number of aromatic nitrogens is 1. The molecule has 4 rings (SSSR count). The van der Waals surface area contributed by atoms with E-state index in [4.69, 9.17) is 4.42 Å². The summed E-state index contributed by atoms with van der Waals surface area (Å²) in [6.07, 6.45) is 2.87. The Morgan fingerprint density at radius 2 is 1.67 bits per heavy atom. The Kier molecular flexibility index (Phi) is 4.21. The zero-order valence-electron chi connectivity index (χ0n) is 14.0. The molecule has 1 amide bonds. The number of nitrogens with one attached hydrogen (secondary N) is 1. The molecular formula is C20H14N2O4S. The van der Waals surface area contributed by atoms with Gasteiger partial charge in [0.25, 0.3) is 15.9 Å². The number of hydrogen-bond acceptors (Lipinski definition) is 5. The largest absolute Gasteiger partial charge is 0.444 e. The Balaban J connectivity index is 1.61. The Morgan fingerprint density at radius 1 is 0.926 bits per heavy atom. The van der Waals surface area contributed by atoms with Crippen molar-refractivity contribution in [3.05, 3.63) is 84.9 Å². The van der Waals surface area contributed by atoms with E-state index in [1.165, 1.54) is 24.6 Å². The second kappa shape index (κ2) is 6.69. The summed E-state index contributed by atoms with van der Waals surface area (Å²) >= 11 is 0. The van der Waals surface area contributed by atoms with Gasteiger partial charge in [-0.2, -0.15) is 0 Å². The number of carbonyl (C=O) groups excluding carboxylic acids is 1. The fraction of sp³-hybridized carbons (Fsp3) is 0. The molecule has 0 atom stereocenters. The number of rotatable bonds is 4. The van der Waals surface area contributed by atoms with E-state index in [1.54, 1.807) is 36.5 Å². The zero-order chi connectivity index (χ0) is 18.9. The lowest BCUT2D eigenvalue weighted by molar-refractivity contribution is 0.0981. The van der Waals surface area contributed by atoms with E-state index in [0.717, 1.165) is 10.9 Å². The SMILES string of the molecule is O=C(NS(=O)(=O)c1cccc2ccccc12)c1ccc(-c2cnco2)cc1. The van der Waals surface area contributed by atoms with Crippen molar-refractivity contribution in [2.24, 2.45) is 0 Å². The highest BCUT2D eigenvalue weighted by Gasteiger charge is 2.21. The third kappa shape index (κ3) is 3.32. The average molecular weight is 378 g/mol. The molecule has 0 fully saturated rings. The van der Waals surface area contributed by atoms with Crippen molar-refractivity contribution in [3.8, 4) is 11.3 Å². The predicted molar refractivity (Wildman–Crippen MR) is 101 cm³/mol. The van der Waals surface area contributed by atoms with E-state index in [9.17, 15) is 13.2 Å². The first-order chi connectivity index (χ1) is 13.0. The van der Waals surface area contributed by atoms with Crippen LogP contribution in [0.15, 0.2) is 88.6 Å². The number of carbonyl (C=O) groups is 1. The van der Waals surface area contributed by atoms with Gasteiger partial charge in [0, 0.05) is 16.5 Å². The molecule has 0 aliphatic rings. The van der Waals surface area contributed by atoms with E-state index in [-0.39, 0.29) is 10.5 Å². The normalized spacial score (nSPS) is 11.4. The third-order valence-corrected chi connectivity index (χ3v) is 5.52. The average Bonchev–Trinajstić information content (AvgIpc) is 3.22. The molecule has 0 aliphatic heterocycles. The van der Waals surface area contributed by atoms with Crippen LogP contribution in [-0.4, -0.2) is 19.3 Å². The van der Waals surface area contributed by atoms with Crippen LogP contribution in [0.5, 0.6) is 0 Å². The summed E-state index contributed by atoms with van der Waals surface area (Å²) in [6.45, 7) is 0. The lowest BCUT2D eigenvalue weighted by atomic mass is 10.1. The van der Waals surface area contributed by atoms with Crippen molar-refractivity contribution in [1.82, 2.24) is 9.71 Å². The number of sulfonamides is 1. The highest BCUT2D eigenvalue weighted by molar-refractivity contribution is 7.90. The molecule has 134 valence electrons. The van der Waals surface area contributed by atoms with Crippen LogP contribution >= 0.6 is 0 Å². The summed E-state index contributed by atoms with van der Waals surface area (Å²) in [7, 11) is -4.02. The molecule has 7 heteroatoms. The van der Waals surface area contributed by atoms with Crippen molar-refractivity contribution in [2.75, 3.05) is 0 Å². The molecule has 1 heterocycles. The van der Waals surface area contributed by atoms with E-state index in [2.05, 4.69) is 9.71 Å². The van der Waals surface area contributed by atoms with E-state index in [1.807, 2.05) is 18.2 Å². The summed E-state index contributed by atoms with van der Waals surface area (Å²) in [4.78, 5) is 16.3. The molecule has 0 spiro atoms. The smallest absolute Gasteiger partial charge is 0.264 e. The lowest BCUT2D eigenvalue weighted by Crippen LogP contribution is -2.30. The van der Waals surface area contributed by atoms with Crippen LogP contribution in [0.2, 0.25) is 0 Å². The maximum atomic E-state index is 12.7. The second-order valence-electron chi connectivity index (χ2n) is 5.85. The molecular weight excluding hydrogens is 364 g/mol. The minimum Gasteiger partial charge on any atom is -0.444 e. The van der Waals surface area contributed by atoms with Crippen LogP contribution in [0.3, 0.4) is 0 Å². The molecule has 0 radical (unpaired) electrons. The van der Waals surface area contributed by atoms with Gasteiger partial charge in [-0.25, -0.2) is 18.1 Å². The standard InChI is InChI=1S/C20H14N2O4S/c23-20(16-10-8-15(9-11-16)18-12-21-13-26-18)22-27(24,25)19-7-3-5-14-4-1-2-6-17(14)19/h1-13H,(H,22,23). The highest BCUT2D eigenvalue weighted by atomic mass is 32.2. The van der Waals surface area contributed by atoms with Gasteiger partial charge >= 0.3 is 0 Å². The minimum atomic E-state index is -4.02. The van der Waals surface area contributed by atoms with Crippen LogP contribution < -0.4 is 4.72 Å². The molecule has 0 bridgehead atoms. The monoisotopic (exact) mass is 378 g/mol. The Hall–Kier alpha value is -3.45. The van der Waals surface area contributed by atoms with E-state index in [0.29, 0.717) is 11.1 Å². The number of benzene rings is 3. The van der Waals surface area contributed by atoms with Crippen molar-refractivity contribution in [3.63, 3.8) is 0 Å². The lowest BCUT2D eigenvalue weighted by Gasteiger charge is -2.10. The first kappa shape index (κ1) is 17.0. The van der Waals surface area contributed by atoms with Gasteiger partial charge in [-0.05, 0) is 23.6 Å². The van der Waals surface area contributed by atoms with Gasteiger partial charge in [-0.3, -0.25) is 4.79 Å². The van der Waals surface area contributed by atoms with Crippen molar-refractivity contribution >= 4 is 26.7 Å². The Labute approximate surface area is 155 Å². The fourth-order valence-electron chi connectivity index (χ4n) is 2.81. The molecule has 27 heavy (non-hydrogen) atoms. The first-order valence-corrected chi connectivity index (χ1v) is 9.57. The van der Waals surface area contributed by atoms with E-state index < -0.39 is 15.9 Å². The van der Waals surface area contributed by atoms with Gasteiger partial charge in [-0.15, -0.1) is 0 Å². The molecule has 3 aromatic carbocycles. The van der Waals surface area contributed by atoms with Crippen molar-refractivity contribution in [1.29, 1.82) is 0 Å². The summed E-state index contributed by atoms with van der Waals surface area (Å²) < 4.78 is 32.8. The molecule has 0 saturated heterocycles.